The maximum atomic E-state index is 5.90. The van der Waals surface area contributed by atoms with E-state index in [2.05, 4.69) is 33.0 Å². The van der Waals surface area contributed by atoms with Crippen molar-refractivity contribution in [3.05, 3.63) is 83.2 Å². The quantitative estimate of drug-likeness (QED) is 0.544. The lowest BCUT2D eigenvalue weighted by atomic mass is 10.2. The van der Waals surface area contributed by atoms with Crippen LogP contribution in [0.1, 0.15) is 11.3 Å². The number of anilines is 1. The maximum Gasteiger partial charge on any atom is 0.105 e. The van der Waals surface area contributed by atoms with Crippen molar-refractivity contribution in [1.82, 2.24) is 15.0 Å². The van der Waals surface area contributed by atoms with Gasteiger partial charge in [-0.3, -0.25) is 5.43 Å². The van der Waals surface area contributed by atoms with Gasteiger partial charge in [0.2, 0.25) is 0 Å². The third kappa shape index (κ3) is 4.79. The Morgan fingerprint density at radius 3 is 2.83 bits per heavy atom. The van der Waals surface area contributed by atoms with Crippen molar-refractivity contribution >= 4 is 29.6 Å². The van der Waals surface area contributed by atoms with Crippen LogP contribution in [0, 0.1) is 0 Å². The molecule has 0 amide bonds. The van der Waals surface area contributed by atoms with E-state index in [1.165, 1.54) is 5.56 Å². The Bertz CT molecular complexity index is 839. The van der Waals surface area contributed by atoms with Gasteiger partial charge >= 0.3 is 0 Å². The number of nitrogens with one attached hydrogen (secondary N) is 1. The van der Waals surface area contributed by atoms with Gasteiger partial charge in [-0.2, -0.15) is 5.10 Å². The number of halogens is 1. The van der Waals surface area contributed by atoms with Crippen LogP contribution in [-0.4, -0.2) is 21.2 Å². The molecule has 3 aromatic rings. The fraction of sp³-hybridized carbons (Fsp3) is 0.0556. The normalized spacial score (nSPS) is 11.4. The van der Waals surface area contributed by atoms with Gasteiger partial charge in [-0.25, -0.2) is 4.68 Å². The van der Waals surface area contributed by atoms with Crippen LogP contribution < -0.4 is 5.43 Å². The van der Waals surface area contributed by atoms with Gasteiger partial charge in [0.05, 0.1) is 18.4 Å². The summed E-state index contributed by atoms with van der Waals surface area (Å²) in [6, 6.07) is 17.5. The molecule has 0 bridgehead atoms. The topological polar surface area (TPSA) is 55.1 Å². The zero-order chi connectivity index (χ0) is 16.6. The fourth-order valence-corrected chi connectivity index (χ4v) is 2.28. The van der Waals surface area contributed by atoms with Gasteiger partial charge in [0.1, 0.15) is 5.69 Å². The Morgan fingerprint density at radius 1 is 1.12 bits per heavy atom. The molecule has 5 nitrogen and oxygen atoms in total. The zero-order valence-corrected chi connectivity index (χ0v) is 13.6. The molecule has 0 spiro atoms. The van der Waals surface area contributed by atoms with Crippen LogP contribution in [0.2, 0.25) is 5.02 Å². The molecule has 120 valence electrons. The van der Waals surface area contributed by atoms with Crippen LogP contribution in [0.4, 0.5) is 5.69 Å². The predicted molar refractivity (Wildman–Crippen MR) is 98.2 cm³/mol. The van der Waals surface area contributed by atoms with E-state index in [0.717, 1.165) is 11.4 Å². The highest BCUT2D eigenvalue weighted by atomic mass is 35.5. The summed E-state index contributed by atoms with van der Waals surface area (Å²) in [5, 5.41) is 13.0. The summed E-state index contributed by atoms with van der Waals surface area (Å²) in [5.74, 6) is 0. The molecule has 0 fully saturated rings. The second kappa shape index (κ2) is 8.08. The summed E-state index contributed by atoms with van der Waals surface area (Å²) in [5.41, 5.74) is 5.70. The summed E-state index contributed by atoms with van der Waals surface area (Å²) >= 11 is 5.90. The van der Waals surface area contributed by atoms with E-state index in [0.29, 0.717) is 11.6 Å². The van der Waals surface area contributed by atoms with Gasteiger partial charge in [-0.1, -0.05) is 53.2 Å². The van der Waals surface area contributed by atoms with E-state index >= 15 is 0 Å². The average Bonchev–Trinajstić information content (AvgIpc) is 3.03. The van der Waals surface area contributed by atoms with Crippen LogP contribution in [0.15, 0.2) is 72.0 Å². The van der Waals surface area contributed by atoms with Crippen LogP contribution in [-0.2, 0) is 6.54 Å². The molecular weight excluding hydrogens is 322 g/mol. The minimum Gasteiger partial charge on any atom is -0.278 e. The maximum absolute atomic E-state index is 5.90. The number of rotatable bonds is 6. The number of hydrogen-bond donors (Lipinski definition) is 1. The Balaban J connectivity index is 1.52. The van der Waals surface area contributed by atoms with Gasteiger partial charge in [0.15, 0.2) is 0 Å². The Hall–Kier alpha value is -2.92. The number of benzene rings is 2. The number of aromatic nitrogens is 3. The van der Waals surface area contributed by atoms with E-state index in [9.17, 15) is 0 Å². The third-order valence-corrected chi connectivity index (χ3v) is 3.42. The molecular formula is C18H16ClN5. The molecule has 1 heterocycles. The molecule has 1 N–H and O–H groups in total. The Morgan fingerprint density at radius 2 is 2.00 bits per heavy atom. The first-order valence-corrected chi connectivity index (χ1v) is 7.83. The molecule has 0 radical (unpaired) electrons. The lowest BCUT2D eigenvalue weighted by molar-refractivity contribution is 0.649. The molecule has 0 saturated carbocycles. The summed E-state index contributed by atoms with van der Waals surface area (Å²) in [6.45, 7) is 0.700. The van der Waals surface area contributed by atoms with Crippen molar-refractivity contribution in [1.29, 1.82) is 0 Å². The van der Waals surface area contributed by atoms with Crippen molar-refractivity contribution in [2.75, 3.05) is 5.43 Å². The second-order valence-corrected chi connectivity index (χ2v) is 5.52. The van der Waals surface area contributed by atoms with Gasteiger partial charge in [-0.15, -0.1) is 5.10 Å². The molecule has 0 unspecified atom stereocenters. The molecule has 24 heavy (non-hydrogen) atoms. The predicted octanol–water partition coefficient (Wildman–Crippen LogP) is 4.09. The minimum atomic E-state index is 0.667. The monoisotopic (exact) mass is 337 g/mol. The summed E-state index contributed by atoms with van der Waals surface area (Å²) in [7, 11) is 0. The number of allylic oxidation sites excluding steroid dienone is 1. The van der Waals surface area contributed by atoms with E-state index < -0.39 is 0 Å². The van der Waals surface area contributed by atoms with Crippen molar-refractivity contribution in [2.45, 2.75) is 6.54 Å². The zero-order valence-electron chi connectivity index (χ0n) is 12.9. The lowest BCUT2D eigenvalue weighted by Gasteiger charge is -1.99. The van der Waals surface area contributed by atoms with E-state index in [4.69, 9.17) is 11.6 Å². The molecule has 1 aromatic heterocycles. The first-order valence-electron chi connectivity index (χ1n) is 7.45. The molecule has 0 aliphatic heterocycles. The molecule has 0 saturated heterocycles. The highest BCUT2D eigenvalue weighted by Crippen LogP contribution is 2.14. The second-order valence-electron chi connectivity index (χ2n) is 5.09. The molecule has 0 atom stereocenters. The Labute approximate surface area is 145 Å². The van der Waals surface area contributed by atoms with Crippen LogP contribution >= 0.6 is 11.6 Å². The summed E-state index contributed by atoms with van der Waals surface area (Å²) in [4.78, 5) is 0. The fourth-order valence-electron chi connectivity index (χ4n) is 2.09. The van der Waals surface area contributed by atoms with Gasteiger partial charge in [0.25, 0.3) is 0 Å². The molecule has 6 heteroatoms. The van der Waals surface area contributed by atoms with Gasteiger partial charge < -0.3 is 0 Å². The van der Waals surface area contributed by atoms with Crippen molar-refractivity contribution in [3.8, 4) is 0 Å². The average molecular weight is 338 g/mol. The van der Waals surface area contributed by atoms with E-state index in [1.54, 1.807) is 23.0 Å². The van der Waals surface area contributed by atoms with Crippen LogP contribution in [0.3, 0.4) is 0 Å². The SMILES string of the molecule is Clc1cccc(N/N=C\C=C\c2cn(Cc3ccccc3)nn2)c1. The number of hydrogen-bond acceptors (Lipinski definition) is 4. The molecule has 0 aliphatic rings. The van der Waals surface area contributed by atoms with Crippen LogP contribution in [0.25, 0.3) is 6.08 Å². The number of nitrogens with zero attached hydrogens (tertiary/aromatic N) is 4. The summed E-state index contributed by atoms with van der Waals surface area (Å²) in [6.07, 6.45) is 7.19. The highest BCUT2D eigenvalue weighted by molar-refractivity contribution is 6.30. The van der Waals surface area contributed by atoms with Crippen LogP contribution in [0.5, 0.6) is 0 Å². The largest absolute Gasteiger partial charge is 0.278 e. The first-order chi connectivity index (χ1) is 11.8. The standard InChI is InChI=1S/C18H16ClN5/c19-16-8-4-9-17(12-16)21-20-11-5-10-18-14-24(23-22-18)13-15-6-2-1-3-7-15/h1-12,14,21H,13H2/b10-5+,20-11-. The highest BCUT2D eigenvalue weighted by Gasteiger charge is 1.98. The van der Waals surface area contributed by atoms with Gasteiger partial charge in [-0.05, 0) is 35.9 Å². The van der Waals surface area contributed by atoms with Crippen molar-refractivity contribution < 1.29 is 0 Å². The third-order valence-electron chi connectivity index (χ3n) is 3.19. The lowest BCUT2D eigenvalue weighted by Crippen LogP contribution is -1.99. The summed E-state index contributed by atoms with van der Waals surface area (Å²) < 4.78 is 1.80. The van der Waals surface area contributed by atoms with E-state index in [1.807, 2.05) is 48.7 Å². The molecule has 2 aromatic carbocycles. The Kier molecular flexibility index (Phi) is 5.37. The smallest absolute Gasteiger partial charge is 0.105 e. The van der Waals surface area contributed by atoms with Crippen molar-refractivity contribution in [2.24, 2.45) is 5.10 Å². The molecule has 3 rings (SSSR count). The minimum absolute atomic E-state index is 0.667. The van der Waals surface area contributed by atoms with Crippen molar-refractivity contribution in [3.63, 3.8) is 0 Å². The first kappa shape index (κ1) is 16.0. The van der Waals surface area contributed by atoms with E-state index in [-0.39, 0.29) is 0 Å². The number of hydrazone groups is 1. The van der Waals surface area contributed by atoms with Gasteiger partial charge in [0, 0.05) is 11.2 Å². The molecule has 0 aliphatic carbocycles.